The summed E-state index contributed by atoms with van der Waals surface area (Å²) in [5.41, 5.74) is 0.998. The maximum Gasteiger partial charge on any atom is 0.266 e. The average molecular weight is 474 g/mol. The zero-order valence-electron chi connectivity index (χ0n) is 16.7. The number of sulfonamides is 1. The SMILES string of the molecule is CN(c1ccc(OCC(=O)Nc2ccc(C#N)c(Cl)c2)cc1)S(=O)(=O)c1ccccc1F. The number of rotatable bonds is 7. The van der Waals surface area contributed by atoms with Crippen molar-refractivity contribution >= 4 is 38.9 Å². The van der Waals surface area contributed by atoms with Crippen molar-refractivity contribution in [2.45, 2.75) is 4.90 Å². The number of nitrogens with one attached hydrogen (secondary N) is 1. The van der Waals surface area contributed by atoms with Gasteiger partial charge in [0, 0.05) is 12.7 Å². The first kappa shape index (κ1) is 23.1. The van der Waals surface area contributed by atoms with Gasteiger partial charge in [0.2, 0.25) is 0 Å². The van der Waals surface area contributed by atoms with Gasteiger partial charge in [0.25, 0.3) is 15.9 Å². The van der Waals surface area contributed by atoms with E-state index in [9.17, 15) is 17.6 Å². The molecule has 10 heteroatoms. The van der Waals surface area contributed by atoms with Crippen LogP contribution >= 0.6 is 11.6 Å². The van der Waals surface area contributed by atoms with Crippen molar-refractivity contribution in [3.63, 3.8) is 0 Å². The fraction of sp³-hybridized carbons (Fsp3) is 0.0909. The topological polar surface area (TPSA) is 99.5 Å². The van der Waals surface area contributed by atoms with E-state index in [0.29, 0.717) is 17.0 Å². The summed E-state index contributed by atoms with van der Waals surface area (Å²) in [5.74, 6) is -0.957. The van der Waals surface area contributed by atoms with E-state index in [2.05, 4.69) is 5.32 Å². The molecule has 7 nitrogen and oxygen atoms in total. The summed E-state index contributed by atoms with van der Waals surface area (Å²) in [6.45, 7) is -0.305. The lowest BCUT2D eigenvalue weighted by atomic mass is 10.2. The molecule has 0 saturated heterocycles. The lowest BCUT2D eigenvalue weighted by molar-refractivity contribution is -0.118. The van der Waals surface area contributed by atoms with Gasteiger partial charge in [0.05, 0.1) is 16.3 Å². The molecule has 1 amide bonds. The number of anilines is 2. The van der Waals surface area contributed by atoms with Crippen LogP contribution in [0.2, 0.25) is 5.02 Å². The molecule has 0 saturated carbocycles. The van der Waals surface area contributed by atoms with Gasteiger partial charge in [-0.15, -0.1) is 0 Å². The number of nitrogens with zero attached hydrogens (tertiary/aromatic N) is 2. The number of halogens is 2. The summed E-state index contributed by atoms with van der Waals surface area (Å²) in [4.78, 5) is 11.7. The summed E-state index contributed by atoms with van der Waals surface area (Å²) in [6.07, 6.45) is 0. The van der Waals surface area contributed by atoms with Crippen LogP contribution in [0.5, 0.6) is 5.75 Å². The van der Waals surface area contributed by atoms with Gasteiger partial charge in [-0.3, -0.25) is 9.10 Å². The second-order valence-corrected chi connectivity index (χ2v) is 8.89. The van der Waals surface area contributed by atoms with Gasteiger partial charge in [-0.2, -0.15) is 5.26 Å². The second-order valence-electron chi connectivity index (χ2n) is 6.54. The first-order chi connectivity index (χ1) is 15.2. The second kappa shape index (κ2) is 9.68. The van der Waals surface area contributed by atoms with Crippen molar-refractivity contribution in [3.8, 4) is 11.8 Å². The summed E-state index contributed by atoms with van der Waals surface area (Å²) in [5, 5.41) is 11.7. The molecule has 0 fully saturated rings. The zero-order chi connectivity index (χ0) is 23.3. The Hall–Kier alpha value is -3.61. The third kappa shape index (κ3) is 5.17. The Balaban J connectivity index is 1.62. The smallest absolute Gasteiger partial charge is 0.266 e. The lowest BCUT2D eigenvalue weighted by Crippen LogP contribution is -2.27. The van der Waals surface area contributed by atoms with Gasteiger partial charge >= 0.3 is 0 Å². The Labute approximate surface area is 189 Å². The van der Waals surface area contributed by atoms with Crippen LogP contribution in [0, 0.1) is 17.1 Å². The minimum absolute atomic E-state index is 0.219. The fourth-order valence-corrected chi connectivity index (χ4v) is 4.20. The number of ether oxygens (including phenoxy) is 1. The Kier molecular flexibility index (Phi) is 6.98. The summed E-state index contributed by atoms with van der Waals surface area (Å²) >= 11 is 5.93. The lowest BCUT2D eigenvalue weighted by Gasteiger charge is -2.20. The predicted octanol–water partition coefficient (Wildman–Crippen LogP) is 4.19. The summed E-state index contributed by atoms with van der Waals surface area (Å²) in [7, 11) is -2.77. The largest absolute Gasteiger partial charge is 0.484 e. The molecule has 0 unspecified atom stereocenters. The molecular weight excluding hydrogens is 457 g/mol. The van der Waals surface area contributed by atoms with Crippen molar-refractivity contribution < 1.29 is 22.3 Å². The molecule has 32 heavy (non-hydrogen) atoms. The minimum atomic E-state index is -4.08. The normalized spacial score (nSPS) is 10.8. The van der Waals surface area contributed by atoms with E-state index < -0.39 is 26.6 Å². The number of amides is 1. The molecule has 0 bridgehead atoms. The summed E-state index contributed by atoms with van der Waals surface area (Å²) < 4.78 is 45.6. The molecule has 0 aliphatic carbocycles. The Morgan fingerprint density at radius 1 is 1.16 bits per heavy atom. The van der Waals surface area contributed by atoms with E-state index in [4.69, 9.17) is 21.6 Å². The van der Waals surface area contributed by atoms with Crippen molar-refractivity contribution in [1.29, 1.82) is 5.26 Å². The molecule has 0 aromatic heterocycles. The molecule has 0 aliphatic rings. The maximum atomic E-state index is 13.9. The summed E-state index contributed by atoms with van der Waals surface area (Å²) in [6, 6.07) is 17.5. The van der Waals surface area contributed by atoms with Crippen LogP contribution < -0.4 is 14.4 Å². The van der Waals surface area contributed by atoms with Gasteiger partial charge in [0.15, 0.2) is 6.61 Å². The van der Waals surface area contributed by atoms with Crippen molar-refractivity contribution in [3.05, 3.63) is 83.1 Å². The average Bonchev–Trinajstić information content (AvgIpc) is 2.78. The highest BCUT2D eigenvalue weighted by Crippen LogP contribution is 2.26. The fourth-order valence-electron chi connectivity index (χ4n) is 2.72. The van der Waals surface area contributed by atoms with Crippen LogP contribution in [0.4, 0.5) is 15.8 Å². The molecule has 3 aromatic rings. The van der Waals surface area contributed by atoms with Crippen molar-refractivity contribution in [2.24, 2.45) is 0 Å². The molecule has 0 atom stereocenters. The number of carbonyl (C=O) groups is 1. The molecule has 0 radical (unpaired) electrons. The Bertz CT molecular complexity index is 1290. The van der Waals surface area contributed by atoms with Gasteiger partial charge in [-0.05, 0) is 54.6 Å². The van der Waals surface area contributed by atoms with E-state index in [0.717, 1.165) is 10.4 Å². The third-order valence-electron chi connectivity index (χ3n) is 4.42. The molecule has 0 spiro atoms. The third-order valence-corrected chi connectivity index (χ3v) is 6.55. The molecule has 0 aliphatic heterocycles. The van der Waals surface area contributed by atoms with E-state index >= 15 is 0 Å². The number of nitriles is 1. The van der Waals surface area contributed by atoms with E-state index in [1.165, 1.54) is 61.6 Å². The van der Waals surface area contributed by atoms with Gasteiger partial charge in [-0.1, -0.05) is 23.7 Å². The first-order valence-corrected chi connectivity index (χ1v) is 11.0. The van der Waals surface area contributed by atoms with Crippen LogP contribution in [0.15, 0.2) is 71.6 Å². The van der Waals surface area contributed by atoms with Crippen LogP contribution in [0.1, 0.15) is 5.56 Å². The maximum absolute atomic E-state index is 13.9. The highest BCUT2D eigenvalue weighted by molar-refractivity contribution is 7.92. The Morgan fingerprint density at radius 3 is 2.47 bits per heavy atom. The monoisotopic (exact) mass is 473 g/mol. The highest BCUT2D eigenvalue weighted by atomic mass is 35.5. The zero-order valence-corrected chi connectivity index (χ0v) is 18.3. The van der Waals surface area contributed by atoms with Gasteiger partial charge in [0.1, 0.15) is 22.5 Å². The van der Waals surface area contributed by atoms with E-state index in [-0.39, 0.29) is 17.3 Å². The van der Waals surface area contributed by atoms with E-state index in [1.807, 2.05) is 6.07 Å². The quantitative estimate of drug-likeness (QED) is 0.554. The molecule has 3 aromatic carbocycles. The number of carbonyl (C=O) groups excluding carboxylic acids is 1. The van der Waals surface area contributed by atoms with E-state index in [1.54, 1.807) is 6.07 Å². The minimum Gasteiger partial charge on any atom is -0.484 e. The van der Waals surface area contributed by atoms with Crippen LogP contribution in [0.3, 0.4) is 0 Å². The van der Waals surface area contributed by atoms with Gasteiger partial charge in [-0.25, -0.2) is 12.8 Å². The van der Waals surface area contributed by atoms with Gasteiger partial charge < -0.3 is 10.1 Å². The molecule has 3 rings (SSSR count). The number of hydrogen-bond acceptors (Lipinski definition) is 5. The first-order valence-electron chi connectivity index (χ1n) is 9.18. The predicted molar refractivity (Wildman–Crippen MR) is 119 cm³/mol. The van der Waals surface area contributed by atoms with Crippen LogP contribution in [0.25, 0.3) is 0 Å². The molecule has 1 N–H and O–H groups in total. The molecule has 0 heterocycles. The Morgan fingerprint density at radius 2 is 1.84 bits per heavy atom. The van der Waals surface area contributed by atoms with Crippen LogP contribution in [-0.2, 0) is 14.8 Å². The van der Waals surface area contributed by atoms with Crippen molar-refractivity contribution in [2.75, 3.05) is 23.3 Å². The number of hydrogen-bond donors (Lipinski definition) is 1. The molecular formula is C22H17ClFN3O4S. The number of benzene rings is 3. The standard InChI is InChI=1S/C22H17ClFN3O4S/c1-27(32(29,30)21-5-3-2-4-20(21)24)17-8-10-18(11-9-17)31-14-22(28)26-16-7-6-15(13-25)19(23)12-16/h2-12H,14H2,1H3,(H,26,28). The van der Waals surface area contributed by atoms with Crippen molar-refractivity contribution in [1.82, 2.24) is 0 Å². The highest BCUT2D eigenvalue weighted by Gasteiger charge is 2.24. The van der Waals surface area contributed by atoms with Crippen LogP contribution in [-0.4, -0.2) is 28.0 Å². The molecule has 164 valence electrons.